The molecule has 0 saturated carbocycles. The molecule has 7 nitrogen and oxygen atoms in total. The molecule has 3 rings (SSSR count). The summed E-state index contributed by atoms with van der Waals surface area (Å²) < 4.78 is 10.8. The first-order chi connectivity index (χ1) is 11.3. The van der Waals surface area contributed by atoms with E-state index in [4.69, 9.17) is 14.5 Å². The predicted molar refractivity (Wildman–Crippen MR) is 81.3 cm³/mol. The van der Waals surface area contributed by atoms with Crippen LogP contribution < -0.4 is 10.2 Å². The van der Waals surface area contributed by atoms with Gasteiger partial charge < -0.3 is 9.26 Å². The van der Waals surface area contributed by atoms with Crippen LogP contribution in [0.25, 0.3) is 10.9 Å². The molecule has 1 aromatic carbocycles. The van der Waals surface area contributed by atoms with Gasteiger partial charge in [-0.15, -0.1) is 0 Å². The first-order valence-electron chi connectivity index (χ1n) is 7.14. The Morgan fingerprint density at radius 2 is 2.17 bits per heavy atom. The van der Waals surface area contributed by atoms with Crippen LogP contribution in [-0.2, 0) is 6.42 Å². The number of hydrogen-bond donors (Lipinski definition) is 2. The van der Waals surface area contributed by atoms with Gasteiger partial charge in [-0.05, 0) is 18.6 Å². The van der Waals surface area contributed by atoms with E-state index in [2.05, 4.69) is 10.1 Å². The van der Waals surface area contributed by atoms with Crippen LogP contribution in [0.4, 0.5) is 0 Å². The summed E-state index contributed by atoms with van der Waals surface area (Å²) in [5.74, 6) is 0.599. The second-order valence-corrected chi connectivity index (χ2v) is 4.90. The summed E-state index contributed by atoms with van der Waals surface area (Å²) in [7, 11) is 0. The van der Waals surface area contributed by atoms with Gasteiger partial charge in [-0.2, -0.15) is 0 Å². The van der Waals surface area contributed by atoms with Crippen LogP contribution in [0, 0.1) is 0 Å². The first kappa shape index (κ1) is 15.0. The Morgan fingerprint density at radius 3 is 3.04 bits per heavy atom. The minimum atomic E-state index is -0.696. The number of hydrogen-bond acceptors (Lipinski definition) is 6. The Balaban J connectivity index is 1.55. The van der Waals surface area contributed by atoms with Gasteiger partial charge in [-0.3, -0.25) is 15.0 Å². The van der Waals surface area contributed by atoms with Crippen molar-refractivity contribution in [2.45, 2.75) is 12.8 Å². The second kappa shape index (κ2) is 6.89. The van der Waals surface area contributed by atoms with Gasteiger partial charge in [-0.25, -0.2) is 5.48 Å². The third-order valence-corrected chi connectivity index (χ3v) is 3.31. The molecule has 0 unspecified atom stereocenters. The average Bonchev–Trinajstić information content (AvgIpc) is 3.07. The molecule has 0 radical (unpaired) electrons. The summed E-state index contributed by atoms with van der Waals surface area (Å²) in [6.07, 6.45) is 3.00. The van der Waals surface area contributed by atoms with Crippen molar-refractivity contribution in [1.82, 2.24) is 15.6 Å². The van der Waals surface area contributed by atoms with Crippen LogP contribution in [0.2, 0.25) is 0 Å². The number of aryl methyl sites for hydroxylation is 1. The van der Waals surface area contributed by atoms with E-state index in [0.29, 0.717) is 25.2 Å². The SMILES string of the molecule is O=C(NO)c1cc(CCCOc2cccc3cccnc23)on1. The zero-order valence-electron chi connectivity index (χ0n) is 12.2. The highest BCUT2D eigenvalue weighted by Crippen LogP contribution is 2.23. The van der Waals surface area contributed by atoms with E-state index in [-0.39, 0.29) is 5.69 Å². The number of nitrogens with zero attached hydrogens (tertiary/aromatic N) is 2. The second-order valence-electron chi connectivity index (χ2n) is 4.90. The fraction of sp³-hybridized carbons (Fsp3) is 0.188. The van der Waals surface area contributed by atoms with Gasteiger partial charge in [0.05, 0.1) is 6.61 Å². The normalized spacial score (nSPS) is 10.7. The van der Waals surface area contributed by atoms with Crippen molar-refractivity contribution in [1.29, 1.82) is 0 Å². The van der Waals surface area contributed by atoms with Gasteiger partial charge in [0.25, 0.3) is 5.91 Å². The number of benzene rings is 1. The Morgan fingerprint density at radius 1 is 1.30 bits per heavy atom. The molecule has 0 aliphatic heterocycles. The van der Waals surface area contributed by atoms with E-state index in [1.165, 1.54) is 11.5 Å². The van der Waals surface area contributed by atoms with E-state index in [9.17, 15) is 4.79 Å². The van der Waals surface area contributed by atoms with E-state index in [1.54, 1.807) is 6.20 Å². The summed E-state index contributed by atoms with van der Waals surface area (Å²) in [6.45, 7) is 0.484. The Bertz CT molecular complexity index is 810. The molecule has 0 bridgehead atoms. The molecule has 0 atom stereocenters. The highest BCUT2D eigenvalue weighted by Gasteiger charge is 2.11. The Labute approximate surface area is 131 Å². The van der Waals surface area contributed by atoms with Crippen molar-refractivity contribution < 1.29 is 19.3 Å². The van der Waals surface area contributed by atoms with E-state index in [0.717, 1.165) is 16.7 Å². The molecule has 3 aromatic rings. The number of fused-ring (bicyclic) bond motifs is 1. The quantitative estimate of drug-likeness (QED) is 0.412. The molecule has 23 heavy (non-hydrogen) atoms. The van der Waals surface area contributed by atoms with Crippen LogP contribution in [-0.4, -0.2) is 27.9 Å². The summed E-state index contributed by atoms with van der Waals surface area (Å²) in [5, 5.41) is 13.1. The minimum absolute atomic E-state index is 0.0432. The number of para-hydroxylation sites is 1. The number of aromatic nitrogens is 2. The standard InChI is InChI=1S/C16H15N3O4/c20-16(18-21)13-10-12(23-19-13)6-3-9-22-14-7-1-4-11-5-2-8-17-15(11)14/h1-2,4-5,7-8,10,21H,3,6,9H2,(H,18,20). The van der Waals surface area contributed by atoms with Crippen molar-refractivity contribution in [2.75, 3.05) is 6.61 Å². The fourth-order valence-electron chi connectivity index (χ4n) is 2.22. The number of pyridine rings is 1. The number of nitrogens with one attached hydrogen (secondary N) is 1. The van der Waals surface area contributed by atoms with Crippen LogP contribution in [0.3, 0.4) is 0 Å². The van der Waals surface area contributed by atoms with Crippen molar-refractivity contribution in [2.24, 2.45) is 0 Å². The third kappa shape index (κ3) is 3.46. The molecular weight excluding hydrogens is 298 g/mol. The highest BCUT2D eigenvalue weighted by molar-refractivity contribution is 5.91. The maximum atomic E-state index is 11.2. The molecule has 0 saturated heterocycles. The molecule has 0 aliphatic carbocycles. The lowest BCUT2D eigenvalue weighted by atomic mass is 10.2. The maximum Gasteiger partial charge on any atom is 0.296 e. The first-order valence-corrected chi connectivity index (χ1v) is 7.14. The van der Waals surface area contributed by atoms with Crippen LogP contribution in [0.15, 0.2) is 47.1 Å². The molecule has 2 N–H and O–H groups in total. The molecule has 0 spiro atoms. The topological polar surface area (TPSA) is 97.5 Å². The van der Waals surface area contributed by atoms with Gasteiger partial charge in [-0.1, -0.05) is 23.4 Å². The molecule has 1 amide bonds. The predicted octanol–water partition coefficient (Wildman–Crippen LogP) is 2.35. The van der Waals surface area contributed by atoms with Gasteiger partial charge in [0.1, 0.15) is 17.0 Å². The van der Waals surface area contributed by atoms with Gasteiger partial charge >= 0.3 is 0 Å². The fourth-order valence-corrected chi connectivity index (χ4v) is 2.22. The summed E-state index contributed by atoms with van der Waals surface area (Å²) in [4.78, 5) is 15.5. The van der Waals surface area contributed by atoms with Gasteiger partial charge in [0.2, 0.25) is 0 Å². The van der Waals surface area contributed by atoms with Crippen LogP contribution in [0.5, 0.6) is 5.75 Å². The number of ether oxygens (including phenoxy) is 1. The van der Waals surface area contributed by atoms with Crippen molar-refractivity contribution in [3.63, 3.8) is 0 Å². The molecule has 7 heteroatoms. The van der Waals surface area contributed by atoms with E-state index in [1.807, 2.05) is 30.3 Å². The van der Waals surface area contributed by atoms with Crippen molar-refractivity contribution in [3.8, 4) is 5.75 Å². The lowest BCUT2D eigenvalue weighted by Gasteiger charge is -2.07. The summed E-state index contributed by atoms with van der Waals surface area (Å²) in [5.41, 5.74) is 2.38. The molecule has 2 aromatic heterocycles. The monoisotopic (exact) mass is 313 g/mol. The van der Waals surface area contributed by atoms with Gasteiger partial charge in [0.15, 0.2) is 5.69 Å². The Hall–Kier alpha value is -2.93. The van der Waals surface area contributed by atoms with Crippen LogP contribution in [0.1, 0.15) is 22.7 Å². The molecule has 2 heterocycles. The number of hydroxylamine groups is 1. The summed E-state index contributed by atoms with van der Waals surface area (Å²) >= 11 is 0. The van der Waals surface area contributed by atoms with Crippen molar-refractivity contribution in [3.05, 3.63) is 54.0 Å². The van der Waals surface area contributed by atoms with E-state index < -0.39 is 5.91 Å². The Kier molecular flexibility index (Phi) is 4.49. The number of carbonyl (C=O) groups is 1. The number of carbonyl (C=O) groups excluding carboxylic acids is 1. The minimum Gasteiger partial charge on any atom is -0.491 e. The lowest BCUT2D eigenvalue weighted by Crippen LogP contribution is -2.18. The van der Waals surface area contributed by atoms with E-state index >= 15 is 0 Å². The average molecular weight is 313 g/mol. The molecule has 0 fully saturated rings. The van der Waals surface area contributed by atoms with Gasteiger partial charge in [0, 0.05) is 24.1 Å². The molecule has 0 aliphatic rings. The number of amides is 1. The zero-order chi connectivity index (χ0) is 16.1. The maximum absolute atomic E-state index is 11.2. The smallest absolute Gasteiger partial charge is 0.296 e. The largest absolute Gasteiger partial charge is 0.491 e. The zero-order valence-corrected chi connectivity index (χ0v) is 12.2. The molecule has 118 valence electrons. The molecular formula is C16H15N3O4. The highest BCUT2D eigenvalue weighted by atomic mass is 16.5. The third-order valence-electron chi connectivity index (χ3n) is 3.31. The number of rotatable bonds is 6. The lowest BCUT2D eigenvalue weighted by molar-refractivity contribution is 0.0696. The summed E-state index contributed by atoms with van der Waals surface area (Å²) in [6, 6.07) is 11.2. The van der Waals surface area contributed by atoms with Crippen molar-refractivity contribution >= 4 is 16.8 Å². The van der Waals surface area contributed by atoms with Crippen LogP contribution >= 0.6 is 0 Å².